The van der Waals surface area contributed by atoms with Crippen LogP contribution in [0.5, 0.6) is 0 Å². The van der Waals surface area contributed by atoms with Crippen molar-refractivity contribution in [3.63, 3.8) is 0 Å². The molecule has 3 aromatic heterocycles. The number of rotatable bonds is 6. The first-order chi connectivity index (χ1) is 16.8. The third-order valence-electron chi connectivity index (χ3n) is 6.79. The highest BCUT2D eigenvalue weighted by atomic mass is 19.1. The molecule has 0 saturated heterocycles. The van der Waals surface area contributed by atoms with Crippen LogP contribution in [-0.2, 0) is 4.79 Å². The summed E-state index contributed by atoms with van der Waals surface area (Å²) in [6, 6.07) is 9.69. The number of ketones is 1. The number of fused-ring (bicyclic) bond motifs is 1. The van der Waals surface area contributed by atoms with Gasteiger partial charge in [-0.25, -0.2) is 18.9 Å². The number of carbonyl (C=O) groups is 2. The standard InChI is InChI=1S/C25H25FN6O3/c1-14(33)20-22(16-9-7-15(8-10-16)21(26)25(34)35)30-24-19(12-29-32(24)23(20)27)17-11-28-31(13-17)18-5-3-2-4-6-18/h2-6,11-13,15-16,21H,7-10,27H2,1H3,(H,34,35). The number of aliphatic carboxylic acids is 1. The Balaban J connectivity index is 1.54. The first-order valence-electron chi connectivity index (χ1n) is 11.5. The first kappa shape index (κ1) is 22.7. The maximum absolute atomic E-state index is 14.0. The van der Waals surface area contributed by atoms with E-state index in [0.29, 0.717) is 42.6 Å². The van der Waals surface area contributed by atoms with Crippen molar-refractivity contribution < 1.29 is 19.1 Å². The van der Waals surface area contributed by atoms with Crippen molar-refractivity contribution in [1.82, 2.24) is 24.4 Å². The second-order valence-electron chi connectivity index (χ2n) is 8.97. The van der Waals surface area contributed by atoms with Crippen LogP contribution in [0, 0.1) is 5.92 Å². The van der Waals surface area contributed by atoms with Crippen molar-refractivity contribution in [2.45, 2.75) is 44.7 Å². The number of nitrogen functional groups attached to an aromatic ring is 1. The monoisotopic (exact) mass is 476 g/mol. The summed E-state index contributed by atoms with van der Waals surface area (Å²) in [4.78, 5) is 28.5. The molecule has 10 heteroatoms. The van der Waals surface area contributed by atoms with Crippen molar-refractivity contribution in [2.24, 2.45) is 5.92 Å². The van der Waals surface area contributed by atoms with Crippen molar-refractivity contribution in [2.75, 3.05) is 5.73 Å². The zero-order valence-electron chi connectivity index (χ0n) is 19.1. The van der Waals surface area contributed by atoms with Crippen LogP contribution in [0.15, 0.2) is 48.9 Å². The molecule has 1 aromatic carbocycles. The van der Waals surface area contributed by atoms with Crippen LogP contribution in [0.3, 0.4) is 0 Å². The lowest BCUT2D eigenvalue weighted by Crippen LogP contribution is -2.29. The maximum atomic E-state index is 14.0. The summed E-state index contributed by atoms with van der Waals surface area (Å²) in [6.07, 6.45) is 5.21. The Bertz CT molecular complexity index is 1410. The van der Waals surface area contributed by atoms with E-state index in [2.05, 4.69) is 10.2 Å². The zero-order chi connectivity index (χ0) is 24.7. The van der Waals surface area contributed by atoms with Crippen LogP contribution in [0.4, 0.5) is 10.2 Å². The molecular formula is C25H25FN6O3. The third kappa shape index (κ3) is 4.05. The second kappa shape index (κ2) is 8.94. The maximum Gasteiger partial charge on any atom is 0.338 e. The van der Waals surface area contributed by atoms with Crippen molar-refractivity contribution >= 4 is 23.2 Å². The average molecular weight is 477 g/mol. The van der Waals surface area contributed by atoms with E-state index in [1.54, 1.807) is 17.1 Å². The zero-order valence-corrected chi connectivity index (χ0v) is 19.1. The molecule has 3 N–H and O–H groups in total. The molecule has 1 unspecified atom stereocenters. The molecule has 1 fully saturated rings. The van der Waals surface area contributed by atoms with Crippen LogP contribution in [0.1, 0.15) is 54.6 Å². The van der Waals surface area contributed by atoms with Gasteiger partial charge in [-0.2, -0.15) is 14.7 Å². The summed E-state index contributed by atoms with van der Waals surface area (Å²) >= 11 is 0. The van der Waals surface area contributed by atoms with E-state index in [0.717, 1.165) is 16.8 Å². The molecule has 1 aliphatic carbocycles. The number of aromatic nitrogens is 5. The van der Waals surface area contributed by atoms with E-state index in [9.17, 15) is 14.0 Å². The van der Waals surface area contributed by atoms with Gasteiger partial charge in [0.2, 0.25) is 0 Å². The van der Waals surface area contributed by atoms with Gasteiger partial charge in [-0.15, -0.1) is 0 Å². The number of carbonyl (C=O) groups excluding carboxylic acids is 1. The number of halogens is 1. The van der Waals surface area contributed by atoms with Gasteiger partial charge in [-0.05, 0) is 44.7 Å². The van der Waals surface area contributed by atoms with Crippen LogP contribution in [-0.4, -0.2) is 47.4 Å². The highest BCUT2D eigenvalue weighted by Crippen LogP contribution is 2.40. The Morgan fingerprint density at radius 3 is 2.49 bits per heavy atom. The van der Waals surface area contributed by atoms with E-state index in [1.807, 2.05) is 36.5 Å². The number of nitrogens with zero attached hydrogens (tertiary/aromatic N) is 5. The minimum Gasteiger partial charge on any atom is -0.479 e. The van der Waals surface area contributed by atoms with Gasteiger partial charge in [0, 0.05) is 29.2 Å². The van der Waals surface area contributed by atoms with E-state index in [4.69, 9.17) is 15.8 Å². The molecule has 180 valence electrons. The van der Waals surface area contributed by atoms with Crippen LogP contribution < -0.4 is 5.73 Å². The molecule has 3 heterocycles. The minimum atomic E-state index is -1.88. The van der Waals surface area contributed by atoms with Crippen LogP contribution >= 0.6 is 0 Å². The molecule has 4 aromatic rings. The number of carboxylic acid groups (broad SMARTS) is 1. The molecular weight excluding hydrogens is 451 g/mol. The summed E-state index contributed by atoms with van der Waals surface area (Å²) in [7, 11) is 0. The molecule has 1 aliphatic rings. The Morgan fingerprint density at radius 1 is 1.11 bits per heavy atom. The molecule has 0 spiro atoms. The normalized spacial score (nSPS) is 19.0. The van der Waals surface area contributed by atoms with E-state index in [-0.39, 0.29) is 17.5 Å². The first-order valence-corrected chi connectivity index (χ1v) is 11.5. The number of nitrogens with two attached hydrogens (primary N) is 1. The summed E-state index contributed by atoms with van der Waals surface area (Å²) in [5.74, 6) is -2.12. The molecule has 35 heavy (non-hydrogen) atoms. The number of carboxylic acids is 1. The van der Waals surface area contributed by atoms with Gasteiger partial charge in [0.05, 0.1) is 29.3 Å². The lowest BCUT2D eigenvalue weighted by atomic mass is 9.77. The highest BCUT2D eigenvalue weighted by molar-refractivity contribution is 6.00. The lowest BCUT2D eigenvalue weighted by molar-refractivity contribution is -0.145. The lowest BCUT2D eigenvalue weighted by Gasteiger charge is -2.29. The Labute approximate surface area is 200 Å². The number of benzene rings is 1. The molecule has 0 bridgehead atoms. The van der Waals surface area contributed by atoms with E-state index in [1.165, 1.54) is 11.4 Å². The van der Waals surface area contributed by atoms with Gasteiger partial charge in [0.25, 0.3) is 0 Å². The van der Waals surface area contributed by atoms with Crippen LogP contribution in [0.2, 0.25) is 0 Å². The second-order valence-corrected chi connectivity index (χ2v) is 8.97. The number of alkyl halides is 1. The van der Waals surface area contributed by atoms with E-state index < -0.39 is 18.1 Å². The predicted octanol–water partition coefficient (Wildman–Crippen LogP) is 4.06. The number of Topliss-reactive ketones (excluding diaryl/α,β-unsaturated/α-hetero) is 1. The predicted molar refractivity (Wildman–Crippen MR) is 127 cm³/mol. The van der Waals surface area contributed by atoms with Crippen molar-refractivity contribution in [3.05, 3.63) is 60.2 Å². The van der Waals surface area contributed by atoms with Crippen LogP contribution in [0.25, 0.3) is 22.5 Å². The molecule has 1 saturated carbocycles. The van der Waals surface area contributed by atoms with E-state index >= 15 is 0 Å². The van der Waals surface area contributed by atoms with Gasteiger partial charge in [0.1, 0.15) is 5.82 Å². The average Bonchev–Trinajstić information content (AvgIpc) is 3.51. The van der Waals surface area contributed by atoms with Crippen molar-refractivity contribution in [1.29, 1.82) is 0 Å². The minimum absolute atomic E-state index is 0.131. The Morgan fingerprint density at radius 2 is 1.83 bits per heavy atom. The fourth-order valence-corrected chi connectivity index (χ4v) is 4.96. The Hall–Kier alpha value is -4.08. The van der Waals surface area contributed by atoms with Gasteiger partial charge in [-0.3, -0.25) is 4.79 Å². The number of hydrogen-bond donors (Lipinski definition) is 2. The summed E-state index contributed by atoms with van der Waals surface area (Å²) < 4.78 is 17.3. The highest BCUT2D eigenvalue weighted by Gasteiger charge is 2.35. The number of anilines is 1. The molecule has 5 rings (SSSR count). The Kier molecular flexibility index (Phi) is 5.80. The molecule has 0 aliphatic heterocycles. The fraction of sp³-hybridized carbons (Fsp3) is 0.320. The van der Waals surface area contributed by atoms with Gasteiger partial charge < -0.3 is 10.8 Å². The smallest absolute Gasteiger partial charge is 0.338 e. The number of hydrogen-bond acceptors (Lipinski definition) is 6. The topological polar surface area (TPSA) is 128 Å². The van der Waals surface area contributed by atoms with Gasteiger partial charge in [0.15, 0.2) is 17.6 Å². The molecule has 0 radical (unpaired) electrons. The molecule has 9 nitrogen and oxygen atoms in total. The summed E-state index contributed by atoms with van der Waals surface area (Å²) in [5.41, 5.74) is 10.2. The quantitative estimate of drug-likeness (QED) is 0.402. The number of para-hydroxylation sites is 1. The third-order valence-corrected chi connectivity index (χ3v) is 6.79. The van der Waals surface area contributed by atoms with Crippen molar-refractivity contribution in [3.8, 4) is 16.8 Å². The van der Waals surface area contributed by atoms with Gasteiger partial charge >= 0.3 is 5.97 Å². The summed E-state index contributed by atoms with van der Waals surface area (Å²) in [5, 5.41) is 17.9. The summed E-state index contributed by atoms with van der Waals surface area (Å²) in [6.45, 7) is 1.44. The fourth-order valence-electron chi connectivity index (χ4n) is 4.96. The SMILES string of the molecule is CC(=O)c1c(C2CCC(C(F)C(=O)O)CC2)nc2c(-c3cnn(-c4ccccc4)c3)cnn2c1N. The molecule has 0 amide bonds. The largest absolute Gasteiger partial charge is 0.479 e. The van der Waals surface area contributed by atoms with Gasteiger partial charge in [-0.1, -0.05) is 18.2 Å². The molecule has 1 atom stereocenters.